The van der Waals surface area contributed by atoms with Crippen LogP contribution in [0.3, 0.4) is 0 Å². The van der Waals surface area contributed by atoms with Crippen molar-refractivity contribution in [1.82, 2.24) is 4.98 Å². The van der Waals surface area contributed by atoms with Gasteiger partial charge in [-0.2, -0.15) is 0 Å². The van der Waals surface area contributed by atoms with Gasteiger partial charge in [0.25, 0.3) is 10.0 Å². The molecule has 0 radical (unpaired) electrons. The molecule has 0 bridgehead atoms. The number of nitrogens with one attached hydrogen (secondary N) is 1. The van der Waals surface area contributed by atoms with Crippen molar-refractivity contribution >= 4 is 15.8 Å². The number of sulfonamides is 1. The van der Waals surface area contributed by atoms with Crippen molar-refractivity contribution in [3.8, 4) is 5.75 Å². The van der Waals surface area contributed by atoms with Crippen molar-refractivity contribution in [2.45, 2.75) is 18.7 Å². The minimum atomic E-state index is -3.63. The number of hydrogen-bond donors (Lipinski definition) is 1. The number of rotatable bonds is 5. The van der Waals surface area contributed by atoms with Crippen molar-refractivity contribution in [1.29, 1.82) is 0 Å². The zero-order valence-corrected chi connectivity index (χ0v) is 12.1. The highest BCUT2D eigenvalue weighted by Crippen LogP contribution is 2.18. The number of benzene rings is 1. The lowest BCUT2D eigenvalue weighted by Gasteiger charge is -2.08. The molecule has 5 nitrogen and oxygen atoms in total. The van der Waals surface area contributed by atoms with Crippen LogP contribution < -0.4 is 9.46 Å². The normalized spacial score (nSPS) is 11.1. The molecule has 0 amide bonds. The maximum Gasteiger partial charge on any atom is 0.263 e. The van der Waals surface area contributed by atoms with E-state index in [1.165, 1.54) is 12.1 Å². The molecule has 0 spiro atoms. The van der Waals surface area contributed by atoms with Gasteiger partial charge in [-0.25, -0.2) is 13.4 Å². The number of aryl methyl sites for hydroxylation is 1. The summed E-state index contributed by atoms with van der Waals surface area (Å²) in [5, 5.41) is 0. The molecule has 0 saturated carbocycles. The molecule has 0 atom stereocenters. The molecule has 0 unspecified atom stereocenters. The molecule has 0 aliphatic rings. The summed E-state index contributed by atoms with van der Waals surface area (Å²) >= 11 is 0. The van der Waals surface area contributed by atoms with E-state index >= 15 is 0 Å². The molecule has 0 aliphatic carbocycles. The molecular weight excluding hydrogens is 276 g/mol. The number of anilines is 1. The molecule has 2 rings (SSSR count). The number of ether oxygens (including phenoxy) is 1. The average molecular weight is 292 g/mol. The maximum atomic E-state index is 12.2. The third kappa shape index (κ3) is 3.48. The maximum absolute atomic E-state index is 12.2. The summed E-state index contributed by atoms with van der Waals surface area (Å²) < 4.78 is 32.1. The highest BCUT2D eigenvalue weighted by molar-refractivity contribution is 7.92. The smallest absolute Gasteiger partial charge is 0.263 e. The summed E-state index contributed by atoms with van der Waals surface area (Å²) in [4.78, 5) is 4.29. The predicted molar refractivity (Wildman–Crippen MR) is 77.4 cm³/mol. The molecule has 2 aromatic rings. The van der Waals surface area contributed by atoms with Crippen LogP contribution in [0.2, 0.25) is 0 Å². The highest BCUT2D eigenvalue weighted by atomic mass is 32.2. The van der Waals surface area contributed by atoms with Gasteiger partial charge in [-0.05, 0) is 50.2 Å². The zero-order chi connectivity index (χ0) is 14.6. The van der Waals surface area contributed by atoms with Crippen LogP contribution in [0.15, 0.2) is 47.4 Å². The molecule has 6 heteroatoms. The van der Waals surface area contributed by atoms with Gasteiger partial charge in [-0.3, -0.25) is 4.72 Å². The second-order valence-corrected chi connectivity index (χ2v) is 5.86. The summed E-state index contributed by atoms with van der Waals surface area (Å²) in [6.45, 7) is 4.21. The van der Waals surface area contributed by atoms with Crippen LogP contribution in [0.5, 0.6) is 5.75 Å². The van der Waals surface area contributed by atoms with Gasteiger partial charge in [0.1, 0.15) is 11.6 Å². The number of pyridine rings is 1. The molecule has 0 aliphatic heterocycles. The van der Waals surface area contributed by atoms with Crippen LogP contribution in [0.25, 0.3) is 0 Å². The Bertz CT molecular complexity index is 682. The Morgan fingerprint density at radius 3 is 2.45 bits per heavy atom. The Hall–Kier alpha value is -2.08. The number of hydrogen-bond acceptors (Lipinski definition) is 4. The Labute approximate surface area is 118 Å². The minimum Gasteiger partial charge on any atom is -0.494 e. The SMILES string of the molecule is CCOc1ccc(S(=O)(=O)Nc2cccc(C)n2)cc1. The van der Waals surface area contributed by atoms with Gasteiger partial charge < -0.3 is 4.74 Å². The molecule has 20 heavy (non-hydrogen) atoms. The van der Waals surface area contributed by atoms with E-state index in [1.54, 1.807) is 37.3 Å². The minimum absolute atomic E-state index is 0.171. The Morgan fingerprint density at radius 1 is 1.15 bits per heavy atom. The summed E-state index contributed by atoms with van der Waals surface area (Å²) in [6, 6.07) is 11.4. The van der Waals surface area contributed by atoms with E-state index in [2.05, 4.69) is 9.71 Å². The molecule has 0 fully saturated rings. The van der Waals surface area contributed by atoms with Crippen LogP contribution in [-0.2, 0) is 10.0 Å². The van der Waals surface area contributed by atoms with Gasteiger partial charge in [0.2, 0.25) is 0 Å². The Kier molecular flexibility index (Phi) is 4.24. The van der Waals surface area contributed by atoms with Gasteiger partial charge in [0.05, 0.1) is 11.5 Å². The van der Waals surface area contributed by atoms with Crippen LogP contribution in [0, 0.1) is 6.92 Å². The molecule has 106 valence electrons. The van der Waals surface area contributed by atoms with Crippen molar-refractivity contribution in [2.75, 3.05) is 11.3 Å². The van der Waals surface area contributed by atoms with E-state index in [4.69, 9.17) is 4.74 Å². The summed E-state index contributed by atoms with van der Waals surface area (Å²) in [5.41, 5.74) is 0.747. The van der Waals surface area contributed by atoms with Crippen molar-refractivity contribution in [3.05, 3.63) is 48.2 Å². The van der Waals surface area contributed by atoms with Gasteiger partial charge in [0, 0.05) is 5.69 Å². The summed E-state index contributed by atoms with van der Waals surface area (Å²) in [5.74, 6) is 0.944. The van der Waals surface area contributed by atoms with Crippen molar-refractivity contribution in [3.63, 3.8) is 0 Å². The van der Waals surface area contributed by atoms with Gasteiger partial charge in [-0.15, -0.1) is 0 Å². The summed E-state index contributed by atoms with van der Waals surface area (Å²) in [6.07, 6.45) is 0. The first-order valence-electron chi connectivity index (χ1n) is 6.20. The predicted octanol–water partition coefficient (Wildman–Crippen LogP) is 2.59. The van der Waals surface area contributed by atoms with Crippen LogP contribution >= 0.6 is 0 Å². The zero-order valence-electron chi connectivity index (χ0n) is 11.3. The van der Waals surface area contributed by atoms with Crippen LogP contribution in [0.4, 0.5) is 5.82 Å². The van der Waals surface area contributed by atoms with E-state index in [0.29, 0.717) is 18.2 Å². The third-order valence-electron chi connectivity index (χ3n) is 2.57. The van der Waals surface area contributed by atoms with Gasteiger partial charge in [0.15, 0.2) is 0 Å². The fourth-order valence-corrected chi connectivity index (χ4v) is 2.68. The van der Waals surface area contributed by atoms with E-state index in [0.717, 1.165) is 5.69 Å². The van der Waals surface area contributed by atoms with Crippen LogP contribution in [-0.4, -0.2) is 20.0 Å². The fourth-order valence-electron chi connectivity index (χ4n) is 1.68. The monoisotopic (exact) mass is 292 g/mol. The second-order valence-electron chi connectivity index (χ2n) is 4.17. The molecule has 1 heterocycles. The Balaban J connectivity index is 2.21. The van der Waals surface area contributed by atoms with Crippen molar-refractivity contribution < 1.29 is 13.2 Å². The largest absolute Gasteiger partial charge is 0.494 e. The first kappa shape index (κ1) is 14.3. The molecule has 1 aromatic carbocycles. The lowest BCUT2D eigenvalue weighted by Crippen LogP contribution is -2.14. The average Bonchev–Trinajstić information content (AvgIpc) is 2.39. The highest BCUT2D eigenvalue weighted by Gasteiger charge is 2.14. The second kappa shape index (κ2) is 5.92. The number of nitrogens with zero attached hydrogens (tertiary/aromatic N) is 1. The van der Waals surface area contributed by atoms with E-state index in [-0.39, 0.29) is 4.90 Å². The third-order valence-corrected chi connectivity index (χ3v) is 3.94. The lowest BCUT2D eigenvalue weighted by molar-refractivity contribution is 0.340. The first-order chi connectivity index (χ1) is 9.51. The van der Waals surface area contributed by atoms with Gasteiger partial charge >= 0.3 is 0 Å². The molecule has 0 saturated heterocycles. The van der Waals surface area contributed by atoms with Crippen molar-refractivity contribution in [2.24, 2.45) is 0 Å². The van der Waals surface area contributed by atoms with E-state index in [1.807, 2.05) is 6.92 Å². The molecule has 1 aromatic heterocycles. The first-order valence-corrected chi connectivity index (χ1v) is 7.69. The van der Waals surface area contributed by atoms with Gasteiger partial charge in [-0.1, -0.05) is 6.07 Å². The lowest BCUT2D eigenvalue weighted by atomic mass is 10.3. The van der Waals surface area contributed by atoms with Crippen LogP contribution in [0.1, 0.15) is 12.6 Å². The van der Waals surface area contributed by atoms with E-state index < -0.39 is 10.0 Å². The standard InChI is InChI=1S/C14H16N2O3S/c1-3-19-12-7-9-13(10-8-12)20(17,18)16-14-6-4-5-11(2)15-14/h4-10H,3H2,1-2H3,(H,15,16). The number of aromatic nitrogens is 1. The molecular formula is C14H16N2O3S. The fraction of sp³-hybridized carbons (Fsp3) is 0.214. The topological polar surface area (TPSA) is 68.3 Å². The summed E-state index contributed by atoms with van der Waals surface area (Å²) in [7, 11) is -3.63. The quantitative estimate of drug-likeness (QED) is 0.919. The van der Waals surface area contributed by atoms with E-state index in [9.17, 15) is 8.42 Å². The Morgan fingerprint density at radius 2 is 1.85 bits per heavy atom. The molecule has 1 N–H and O–H groups in total.